The molecule has 19 heavy (non-hydrogen) atoms. The Hall–Kier alpha value is -2.54. The van der Waals surface area contributed by atoms with Crippen LogP contribution in [0.3, 0.4) is 0 Å². The lowest BCUT2D eigenvalue weighted by Crippen LogP contribution is -2.12. The van der Waals surface area contributed by atoms with Crippen LogP contribution in [-0.2, 0) is 0 Å². The normalized spacial score (nSPS) is 10.0. The van der Waals surface area contributed by atoms with Gasteiger partial charge in [0, 0.05) is 11.1 Å². The third-order valence-electron chi connectivity index (χ3n) is 3.00. The molecule has 0 saturated heterocycles. The fourth-order valence-electron chi connectivity index (χ4n) is 1.81. The predicted octanol–water partition coefficient (Wildman–Crippen LogP) is 3.33. The largest absolute Gasteiger partial charge is 0.444 e. The summed E-state index contributed by atoms with van der Waals surface area (Å²) in [6.07, 6.45) is 0. The van der Waals surface area contributed by atoms with E-state index >= 15 is 0 Å². The van der Waals surface area contributed by atoms with Crippen molar-refractivity contribution in [1.29, 1.82) is 5.26 Å². The van der Waals surface area contributed by atoms with E-state index in [1.807, 2.05) is 25.1 Å². The Bertz CT molecular complexity index is 678. The molecule has 0 radical (unpaired) electrons. The number of anilines is 1. The van der Waals surface area contributed by atoms with Crippen LogP contribution in [0.1, 0.15) is 32.8 Å². The van der Waals surface area contributed by atoms with Crippen LogP contribution in [0.15, 0.2) is 28.7 Å². The monoisotopic (exact) mass is 254 g/mol. The smallest absolute Gasteiger partial charge is 0.258 e. The van der Waals surface area contributed by atoms with Crippen molar-refractivity contribution in [1.82, 2.24) is 0 Å². The molecule has 1 N–H and O–H groups in total. The van der Waals surface area contributed by atoms with Crippen LogP contribution < -0.4 is 5.32 Å². The highest BCUT2D eigenvalue weighted by Crippen LogP contribution is 2.25. The van der Waals surface area contributed by atoms with Crippen LogP contribution in [0.2, 0.25) is 0 Å². The Morgan fingerprint density at radius 2 is 2.05 bits per heavy atom. The number of benzene rings is 1. The first-order valence-corrected chi connectivity index (χ1v) is 5.91. The molecular formula is C15H14N2O2. The number of nitrogens with zero attached hydrogens (tertiary/aromatic N) is 1. The minimum atomic E-state index is -0.283. The van der Waals surface area contributed by atoms with Crippen LogP contribution >= 0.6 is 0 Å². The van der Waals surface area contributed by atoms with Gasteiger partial charge in [-0.1, -0.05) is 17.7 Å². The second-order valence-corrected chi connectivity index (χ2v) is 4.42. The summed E-state index contributed by atoms with van der Waals surface area (Å²) in [5.41, 5.74) is 2.66. The van der Waals surface area contributed by atoms with E-state index in [0.717, 1.165) is 11.1 Å². The molecule has 0 aliphatic heterocycles. The van der Waals surface area contributed by atoms with Gasteiger partial charge in [0.2, 0.25) is 5.88 Å². The van der Waals surface area contributed by atoms with Crippen LogP contribution in [0.4, 0.5) is 5.88 Å². The van der Waals surface area contributed by atoms with Gasteiger partial charge >= 0.3 is 0 Å². The molecule has 0 bridgehead atoms. The second-order valence-electron chi connectivity index (χ2n) is 4.42. The first kappa shape index (κ1) is 12.9. The molecule has 0 atom stereocenters. The highest BCUT2D eigenvalue weighted by atomic mass is 16.4. The fourth-order valence-corrected chi connectivity index (χ4v) is 1.81. The van der Waals surface area contributed by atoms with Crippen LogP contribution in [0.25, 0.3) is 0 Å². The maximum absolute atomic E-state index is 12.1. The maximum atomic E-state index is 12.1. The van der Waals surface area contributed by atoms with E-state index in [0.29, 0.717) is 16.9 Å². The van der Waals surface area contributed by atoms with E-state index in [-0.39, 0.29) is 11.8 Å². The molecule has 1 aromatic carbocycles. The van der Waals surface area contributed by atoms with Gasteiger partial charge in [0.15, 0.2) is 0 Å². The van der Waals surface area contributed by atoms with Gasteiger partial charge in [-0.15, -0.1) is 0 Å². The summed E-state index contributed by atoms with van der Waals surface area (Å²) in [4.78, 5) is 12.1. The number of furan rings is 1. The van der Waals surface area contributed by atoms with E-state index < -0.39 is 0 Å². The topological polar surface area (TPSA) is 66.0 Å². The number of rotatable bonds is 2. The van der Waals surface area contributed by atoms with Crippen molar-refractivity contribution in [3.05, 3.63) is 52.3 Å². The second kappa shape index (κ2) is 4.99. The van der Waals surface area contributed by atoms with Crippen LogP contribution in [-0.4, -0.2) is 5.91 Å². The lowest BCUT2D eigenvalue weighted by molar-refractivity contribution is 0.102. The molecular weight excluding hydrogens is 240 g/mol. The van der Waals surface area contributed by atoms with Gasteiger partial charge in [-0.25, -0.2) is 0 Å². The van der Waals surface area contributed by atoms with Crippen molar-refractivity contribution in [3.63, 3.8) is 0 Å². The van der Waals surface area contributed by atoms with Gasteiger partial charge < -0.3 is 4.42 Å². The molecule has 96 valence electrons. The molecule has 0 saturated carbocycles. The summed E-state index contributed by atoms with van der Waals surface area (Å²) < 4.78 is 5.40. The summed E-state index contributed by atoms with van der Waals surface area (Å²) in [5.74, 6) is 0.564. The molecule has 0 spiro atoms. The molecule has 2 aromatic rings. The van der Waals surface area contributed by atoms with Gasteiger partial charge in [0.1, 0.15) is 17.4 Å². The highest BCUT2D eigenvalue weighted by Gasteiger charge is 2.17. The average Bonchev–Trinajstić information content (AvgIpc) is 2.64. The zero-order chi connectivity index (χ0) is 14.0. The minimum absolute atomic E-state index is 0.212. The number of aryl methyl sites for hydroxylation is 2. The summed E-state index contributed by atoms with van der Waals surface area (Å²) in [6, 6.07) is 9.27. The van der Waals surface area contributed by atoms with Gasteiger partial charge in [-0.3, -0.25) is 10.1 Å². The first-order chi connectivity index (χ1) is 9.02. The molecule has 0 fully saturated rings. The van der Waals surface area contributed by atoms with E-state index in [2.05, 4.69) is 5.32 Å². The lowest BCUT2D eigenvalue weighted by Gasteiger charge is -2.03. The van der Waals surface area contributed by atoms with Gasteiger partial charge in [0.05, 0.1) is 0 Å². The zero-order valence-electron chi connectivity index (χ0n) is 11.1. The van der Waals surface area contributed by atoms with Gasteiger partial charge in [0.25, 0.3) is 5.91 Å². The van der Waals surface area contributed by atoms with Crippen LogP contribution in [0.5, 0.6) is 0 Å². The Morgan fingerprint density at radius 3 is 2.68 bits per heavy atom. The van der Waals surface area contributed by atoms with Crippen molar-refractivity contribution >= 4 is 11.8 Å². The number of carbonyl (C=O) groups is 1. The number of carbonyl (C=O) groups excluding carboxylic acids is 1. The van der Waals surface area contributed by atoms with Crippen molar-refractivity contribution < 1.29 is 9.21 Å². The summed E-state index contributed by atoms with van der Waals surface area (Å²) in [6.45, 7) is 5.47. The summed E-state index contributed by atoms with van der Waals surface area (Å²) in [7, 11) is 0. The molecule has 4 nitrogen and oxygen atoms in total. The minimum Gasteiger partial charge on any atom is -0.444 e. The Morgan fingerprint density at radius 1 is 1.32 bits per heavy atom. The lowest BCUT2D eigenvalue weighted by atomic mass is 10.1. The van der Waals surface area contributed by atoms with E-state index in [1.165, 1.54) is 0 Å². The summed E-state index contributed by atoms with van der Waals surface area (Å²) in [5, 5.41) is 11.7. The maximum Gasteiger partial charge on any atom is 0.258 e. The Balaban J connectivity index is 2.30. The number of hydrogen-bond acceptors (Lipinski definition) is 3. The number of hydrogen-bond donors (Lipinski definition) is 1. The summed E-state index contributed by atoms with van der Waals surface area (Å²) >= 11 is 0. The predicted molar refractivity (Wildman–Crippen MR) is 72.0 cm³/mol. The number of nitrogens with one attached hydrogen (secondary N) is 1. The van der Waals surface area contributed by atoms with E-state index in [9.17, 15) is 4.79 Å². The third-order valence-corrected chi connectivity index (χ3v) is 3.00. The molecule has 2 rings (SSSR count). The number of nitriles is 1. The highest BCUT2D eigenvalue weighted by molar-refractivity contribution is 6.04. The number of amides is 1. The molecule has 1 amide bonds. The molecule has 0 aliphatic rings. The van der Waals surface area contributed by atoms with E-state index in [4.69, 9.17) is 9.68 Å². The Labute approximate surface area is 111 Å². The molecule has 1 heterocycles. The Kier molecular flexibility index (Phi) is 3.39. The van der Waals surface area contributed by atoms with Crippen molar-refractivity contribution in [2.24, 2.45) is 0 Å². The molecule has 1 aromatic heterocycles. The SMILES string of the molecule is Cc1cccc(C(=O)Nc2oc(C)c(C)c2C#N)c1. The zero-order valence-corrected chi connectivity index (χ0v) is 11.1. The van der Waals surface area contributed by atoms with Crippen molar-refractivity contribution in [2.75, 3.05) is 5.32 Å². The van der Waals surface area contributed by atoms with E-state index in [1.54, 1.807) is 26.0 Å². The van der Waals surface area contributed by atoms with Crippen molar-refractivity contribution in [2.45, 2.75) is 20.8 Å². The average molecular weight is 254 g/mol. The van der Waals surface area contributed by atoms with Crippen LogP contribution in [0, 0.1) is 32.1 Å². The van der Waals surface area contributed by atoms with Crippen molar-refractivity contribution in [3.8, 4) is 6.07 Å². The third kappa shape index (κ3) is 2.50. The van der Waals surface area contributed by atoms with Gasteiger partial charge in [-0.2, -0.15) is 5.26 Å². The quantitative estimate of drug-likeness (QED) is 0.893. The molecule has 0 unspecified atom stereocenters. The van der Waals surface area contributed by atoms with Gasteiger partial charge in [-0.05, 0) is 32.9 Å². The molecule has 0 aliphatic carbocycles. The fraction of sp³-hybridized carbons (Fsp3) is 0.200. The molecule has 4 heteroatoms. The first-order valence-electron chi connectivity index (χ1n) is 5.91. The standard InChI is InChI=1S/C15H14N2O2/c1-9-5-4-6-12(7-9)14(18)17-15-13(8-16)10(2)11(3)19-15/h4-7H,1-3H3,(H,17,18).